The van der Waals surface area contributed by atoms with Crippen molar-refractivity contribution >= 4 is 29.9 Å². The van der Waals surface area contributed by atoms with Crippen LogP contribution in [0.2, 0.25) is 0 Å². The summed E-state index contributed by atoms with van der Waals surface area (Å²) >= 11 is 0. The second-order valence-electron chi connectivity index (χ2n) is 6.43. The minimum Gasteiger partial charge on any atom is -0.492 e. The maximum absolute atomic E-state index is 13.0. The van der Waals surface area contributed by atoms with E-state index >= 15 is 0 Å². The van der Waals surface area contributed by atoms with Crippen LogP contribution in [0.4, 0.5) is 4.39 Å². The van der Waals surface area contributed by atoms with Crippen LogP contribution in [0.5, 0.6) is 5.75 Å². The highest BCUT2D eigenvalue weighted by atomic mass is 127. The molecule has 0 bridgehead atoms. The minimum atomic E-state index is -0.230. The first-order chi connectivity index (χ1) is 13.6. The van der Waals surface area contributed by atoms with Crippen molar-refractivity contribution in [3.05, 3.63) is 65.5 Å². The number of likely N-dealkylation sites (N-methyl/N-ethyl adjacent to an activating group) is 1. The lowest BCUT2D eigenvalue weighted by atomic mass is 10.2. The lowest BCUT2D eigenvalue weighted by molar-refractivity contribution is 0.223. The van der Waals surface area contributed by atoms with Gasteiger partial charge in [-0.25, -0.2) is 4.39 Å². The summed E-state index contributed by atoms with van der Waals surface area (Å²) in [6.07, 6.45) is 0. The number of hydrogen-bond acceptors (Lipinski definition) is 3. The van der Waals surface area contributed by atoms with E-state index in [0.717, 1.165) is 36.5 Å². The molecular weight excluding hydrogens is 482 g/mol. The first kappa shape index (κ1) is 25.2. The molecule has 0 fully saturated rings. The molecule has 29 heavy (non-hydrogen) atoms. The smallest absolute Gasteiger partial charge is 0.191 e. The van der Waals surface area contributed by atoms with Gasteiger partial charge >= 0.3 is 0 Å². The number of hydrogen-bond donors (Lipinski definition) is 2. The van der Waals surface area contributed by atoms with Crippen molar-refractivity contribution in [3.63, 3.8) is 0 Å². The SMILES string of the molecule is CCN(CC)CCOc1ccc(CNC(=NC)NCc2ccc(F)cc2)cc1.I. The molecule has 0 aromatic heterocycles. The van der Waals surface area contributed by atoms with Crippen LogP contribution in [-0.2, 0) is 13.1 Å². The third-order valence-corrected chi connectivity index (χ3v) is 4.55. The van der Waals surface area contributed by atoms with Gasteiger partial charge in [-0.3, -0.25) is 4.99 Å². The normalized spacial score (nSPS) is 11.1. The Morgan fingerprint density at radius 1 is 0.931 bits per heavy atom. The molecule has 2 N–H and O–H groups in total. The van der Waals surface area contributed by atoms with E-state index in [-0.39, 0.29) is 29.8 Å². The van der Waals surface area contributed by atoms with Crippen molar-refractivity contribution in [1.29, 1.82) is 0 Å². The third-order valence-electron chi connectivity index (χ3n) is 4.55. The highest BCUT2D eigenvalue weighted by Crippen LogP contribution is 2.12. The molecule has 2 aromatic carbocycles. The Morgan fingerprint density at radius 3 is 1.93 bits per heavy atom. The zero-order valence-corrected chi connectivity index (χ0v) is 19.8. The summed E-state index contributed by atoms with van der Waals surface area (Å²) < 4.78 is 18.8. The van der Waals surface area contributed by atoms with Gasteiger partial charge < -0.3 is 20.3 Å². The highest BCUT2D eigenvalue weighted by Gasteiger charge is 2.02. The Morgan fingerprint density at radius 2 is 1.45 bits per heavy atom. The summed E-state index contributed by atoms with van der Waals surface area (Å²) in [6.45, 7) is 9.27. The van der Waals surface area contributed by atoms with Crippen LogP contribution in [-0.4, -0.2) is 44.1 Å². The van der Waals surface area contributed by atoms with Crippen molar-refractivity contribution in [1.82, 2.24) is 15.5 Å². The molecule has 0 radical (unpaired) electrons. The van der Waals surface area contributed by atoms with Crippen molar-refractivity contribution in [2.75, 3.05) is 33.3 Å². The predicted molar refractivity (Wildman–Crippen MR) is 129 cm³/mol. The van der Waals surface area contributed by atoms with E-state index in [0.29, 0.717) is 25.7 Å². The third kappa shape index (κ3) is 9.45. The van der Waals surface area contributed by atoms with E-state index < -0.39 is 0 Å². The van der Waals surface area contributed by atoms with Crippen molar-refractivity contribution in [2.45, 2.75) is 26.9 Å². The van der Waals surface area contributed by atoms with Gasteiger partial charge in [0.05, 0.1) is 0 Å². The van der Waals surface area contributed by atoms with E-state index in [4.69, 9.17) is 4.74 Å². The molecule has 160 valence electrons. The molecule has 2 rings (SSSR count). The van der Waals surface area contributed by atoms with E-state index in [1.165, 1.54) is 12.1 Å². The van der Waals surface area contributed by atoms with Gasteiger partial charge in [-0.1, -0.05) is 38.1 Å². The fourth-order valence-corrected chi connectivity index (χ4v) is 2.73. The first-order valence-electron chi connectivity index (χ1n) is 9.77. The number of ether oxygens (including phenoxy) is 1. The van der Waals surface area contributed by atoms with Gasteiger partial charge in [0.1, 0.15) is 18.2 Å². The molecular formula is C22H32FIN4O. The molecule has 0 spiro atoms. The number of halogens is 2. The Labute approximate surface area is 190 Å². The molecule has 7 heteroatoms. The van der Waals surface area contributed by atoms with Crippen LogP contribution < -0.4 is 15.4 Å². The second kappa shape index (κ2) is 14.2. The highest BCUT2D eigenvalue weighted by molar-refractivity contribution is 14.0. The van der Waals surface area contributed by atoms with Gasteiger partial charge in [0, 0.05) is 26.7 Å². The summed E-state index contributed by atoms with van der Waals surface area (Å²) in [5.41, 5.74) is 2.14. The molecule has 0 saturated carbocycles. The zero-order chi connectivity index (χ0) is 20.2. The molecule has 0 aliphatic carbocycles. The van der Waals surface area contributed by atoms with Gasteiger partial charge in [0.2, 0.25) is 0 Å². The minimum absolute atomic E-state index is 0. The second-order valence-corrected chi connectivity index (χ2v) is 6.43. The summed E-state index contributed by atoms with van der Waals surface area (Å²) in [6, 6.07) is 14.5. The number of benzene rings is 2. The lowest BCUT2D eigenvalue weighted by Crippen LogP contribution is -2.36. The molecule has 0 unspecified atom stereocenters. The van der Waals surface area contributed by atoms with Gasteiger partial charge in [-0.05, 0) is 48.5 Å². The molecule has 0 aliphatic heterocycles. The first-order valence-corrected chi connectivity index (χ1v) is 9.77. The van der Waals surface area contributed by atoms with Crippen LogP contribution in [0.3, 0.4) is 0 Å². The van der Waals surface area contributed by atoms with Crippen molar-refractivity contribution in [3.8, 4) is 5.75 Å². The fraction of sp³-hybridized carbons (Fsp3) is 0.409. The van der Waals surface area contributed by atoms with Crippen LogP contribution >= 0.6 is 24.0 Å². The Balaban J connectivity index is 0.00000420. The number of guanidine groups is 1. The number of nitrogens with one attached hydrogen (secondary N) is 2. The Kier molecular flexibility index (Phi) is 12.3. The molecule has 0 saturated heterocycles. The van der Waals surface area contributed by atoms with Gasteiger partial charge in [0.25, 0.3) is 0 Å². The molecule has 5 nitrogen and oxygen atoms in total. The summed E-state index contributed by atoms with van der Waals surface area (Å²) in [5.74, 6) is 1.35. The van der Waals surface area contributed by atoms with Gasteiger partial charge in [0.15, 0.2) is 5.96 Å². The van der Waals surface area contributed by atoms with Crippen LogP contribution in [0.1, 0.15) is 25.0 Å². The van der Waals surface area contributed by atoms with E-state index in [1.54, 1.807) is 19.2 Å². The standard InChI is InChI=1S/C22H31FN4O.HI/c1-4-27(5-2)14-15-28-21-12-8-19(9-13-21)17-26-22(24-3)25-16-18-6-10-20(23)11-7-18;/h6-13H,4-5,14-17H2,1-3H3,(H2,24,25,26);1H. The Bertz CT molecular complexity index is 719. The van der Waals surface area contributed by atoms with Crippen LogP contribution in [0.25, 0.3) is 0 Å². The van der Waals surface area contributed by atoms with Gasteiger partial charge in [-0.2, -0.15) is 0 Å². The van der Waals surface area contributed by atoms with Crippen molar-refractivity contribution < 1.29 is 9.13 Å². The molecule has 0 aliphatic rings. The molecule has 2 aromatic rings. The van der Waals surface area contributed by atoms with Crippen LogP contribution in [0, 0.1) is 5.82 Å². The topological polar surface area (TPSA) is 48.9 Å². The Hall–Kier alpha value is -1.87. The number of nitrogens with zero attached hydrogens (tertiary/aromatic N) is 2. The lowest BCUT2D eigenvalue weighted by Gasteiger charge is -2.18. The summed E-state index contributed by atoms with van der Waals surface area (Å²) in [5, 5.41) is 6.50. The molecule has 0 atom stereocenters. The van der Waals surface area contributed by atoms with E-state index in [2.05, 4.69) is 34.4 Å². The van der Waals surface area contributed by atoms with E-state index in [9.17, 15) is 4.39 Å². The van der Waals surface area contributed by atoms with E-state index in [1.807, 2.05) is 24.3 Å². The quantitative estimate of drug-likeness (QED) is 0.286. The average Bonchev–Trinajstić information content (AvgIpc) is 2.73. The maximum Gasteiger partial charge on any atom is 0.191 e. The zero-order valence-electron chi connectivity index (χ0n) is 17.5. The predicted octanol–water partition coefficient (Wildman–Crippen LogP) is 4.03. The number of aliphatic imine (C=N–C) groups is 1. The largest absolute Gasteiger partial charge is 0.492 e. The monoisotopic (exact) mass is 514 g/mol. The molecule has 0 heterocycles. The van der Waals surface area contributed by atoms with Crippen molar-refractivity contribution in [2.24, 2.45) is 4.99 Å². The van der Waals surface area contributed by atoms with Crippen LogP contribution in [0.15, 0.2) is 53.5 Å². The molecule has 0 amide bonds. The fourth-order valence-electron chi connectivity index (χ4n) is 2.73. The summed E-state index contributed by atoms with van der Waals surface area (Å²) in [4.78, 5) is 6.55. The number of rotatable bonds is 10. The van der Waals surface area contributed by atoms with Gasteiger partial charge in [-0.15, -0.1) is 24.0 Å². The average molecular weight is 514 g/mol. The summed E-state index contributed by atoms with van der Waals surface area (Å²) in [7, 11) is 1.73. The maximum atomic E-state index is 13.0.